The average Bonchev–Trinajstić information content (AvgIpc) is 3.14. The molecule has 0 bridgehead atoms. The van der Waals surface area contributed by atoms with Crippen molar-refractivity contribution in [1.29, 1.82) is 0 Å². The maximum absolute atomic E-state index is 13.6. The third-order valence-corrected chi connectivity index (χ3v) is 5.67. The summed E-state index contributed by atoms with van der Waals surface area (Å²) in [6.07, 6.45) is -5.92. The van der Waals surface area contributed by atoms with Crippen LogP contribution in [0.2, 0.25) is 0 Å². The molecule has 2 aliphatic heterocycles. The monoisotopic (exact) mass is 525 g/mol. The Morgan fingerprint density at radius 2 is 1.92 bits per heavy atom. The van der Waals surface area contributed by atoms with Crippen LogP contribution in [-0.4, -0.2) is 48.2 Å². The fraction of sp³-hybridized carbons (Fsp3) is 0.304. The Morgan fingerprint density at radius 1 is 1.16 bits per heavy atom. The van der Waals surface area contributed by atoms with Gasteiger partial charge in [0, 0.05) is 29.3 Å². The van der Waals surface area contributed by atoms with E-state index in [9.17, 15) is 36.7 Å². The van der Waals surface area contributed by atoms with E-state index in [1.165, 1.54) is 24.1 Å². The minimum atomic E-state index is -5.13. The van der Waals surface area contributed by atoms with Crippen molar-refractivity contribution in [2.45, 2.75) is 38.4 Å². The molecule has 4 amide bonds. The molecular formula is C23H19F4N3O7. The van der Waals surface area contributed by atoms with Crippen molar-refractivity contribution < 1.29 is 51.0 Å². The molecule has 2 aliphatic rings. The first-order valence-corrected chi connectivity index (χ1v) is 10.8. The van der Waals surface area contributed by atoms with E-state index in [1.807, 2.05) is 0 Å². The van der Waals surface area contributed by atoms with E-state index in [4.69, 9.17) is 9.47 Å². The Morgan fingerprint density at radius 3 is 2.59 bits per heavy atom. The standard InChI is InChI=1S/C23H19F4N3O7/c1-35-17-7-11(6-13-14(17)9-30(21(13)33)16-4-5-19(31)29-20(16)32)10-36-22(34)28-12-2-3-15(24)18(8-12)37-23(25,26)27/h2-3,6-8,16H,4-5,9-10H2,1H3,(H,28,34)(H,29,31,32). The molecule has 37 heavy (non-hydrogen) atoms. The molecule has 0 radical (unpaired) electrons. The van der Waals surface area contributed by atoms with Gasteiger partial charge in [-0.15, -0.1) is 13.2 Å². The lowest BCUT2D eigenvalue weighted by atomic mass is 10.0. The van der Waals surface area contributed by atoms with Gasteiger partial charge in [0.2, 0.25) is 11.8 Å². The number of carbonyl (C=O) groups excluding carboxylic acids is 4. The van der Waals surface area contributed by atoms with Gasteiger partial charge in [-0.25, -0.2) is 9.18 Å². The second-order valence-corrected chi connectivity index (χ2v) is 8.12. The zero-order valence-corrected chi connectivity index (χ0v) is 19.1. The molecule has 0 saturated carbocycles. The van der Waals surface area contributed by atoms with Crippen LogP contribution in [0.1, 0.15) is 34.3 Å². The van der Waals surface area contributed by atoms with Gasteiger partial charge in [0.05, 0.1) is 13.7 Å². The number of benzene rings is 2. The van der Waals surface area contributed by atoms with Gasteiger partial charge in [-0.2, -0.15) is 0 Å². The van der Waals surface area contributed by atoms with Crippen LogP contribution in [0.5, 0.6) is 11.5 Å². The molecule has 1 atom stereocenters. The lowest BCUT2D eigenvalue weighted by Gasteiger charge is -2.29. The zero-order valence-electron chi connectivity index (χ0n) is 19.1. The topological polar surface area (TPSA) is 123 Å². The molecule has 10 nitrogen and oxygen atoms in total. The molecule has 2 heterocycles. The maximum atomic E-state index is 13.6. The van der Waals surface area contributed by atoms with E-state index in [-0.39, 0.29) is 37.2 Å². The second-order valence-electron chi connectivity index (χ2n) is 8.12. The van der Waals surface area contributed by atoms with E-state index in [0.717, 1.165) is 6.07 Å². The number of nitrogens with one attached hydrogen (secondary N) is 2. The number of piperidine rings is 1. The van der Waals surface area contributed by atoms with Gasteiger partial charge in [0.15, 0.2) is 11.6 Å². The molecule has 2 aromatic rings. The summed E-state index contributed by atoms with van der Waals surface area (Å²) in [5, 5.41) is 4.37. The summed E-state index contributed by atoms with van der Waals surface area (Å²) in [5.41, 5.74) is 0.890. The molecule has 0 aliphatic carbocycles. The zero-order chi connectivity index (χ0) is 26.9. The molecule has 14 heteroatoms. The van der Waals surface area contributed by atoms with E-state index >= 15 is 0 Å². The number of amides is 4. The van der Waals surface area contributed by atoms with E-state index in [0.29, 0.717) is 29.0 Å². The maximum Gasteiger partial charge on any atom is 0.573 e. The van der Waals surface area contributed by atoms with Gasteiger partial charge in [-0.3, -0.25) is 25.0 Å². The van der Waals surface area contributed by atoms with Crippen LogP contribution in [0.15, 0.2) is 30.3 Å². The van der Waals surface area contributed by atoms with Gasteiger partial charge >= 0.3 is 12.5 Å². The fourth-order valence-electron chi connectivity index (χ4n) is 4.04. The van der Waals surface area contributed by atoms with Crippen molar-refractivity contribution >= 4 is 29.5 Å². The first kappa shape index (κ1) is 25.7. The summed E-state index contributed by atoms with van der Waals surface area (Å²) in [6.45, 7) is -0.271. The Kier molecular flexibility index (Phi) is 6.92. The number of carbonyl (C=O) groups is 4. The van der Waals surface area contributed by atoms with Gasteiger partial charge in [0.1, 0.15) is 18.4 Å². The first-order chi connectivity index (χ1) is 17.4. The van der Waals surface area contributed by atoms with Gasteiger partial charge in [-0.1, -0.05) is 0 Å². The van der Waals surface area contributed by atoms with E-state index < -0.39 is 47.8 Å². The Hall–Kier alpha value is -4.36. The Labute approximate surface area is 206 Å². The normalized spacial score (nSPS) is 17.3. The van der Waals surface area contributed by atoms with Crippen LogP contribution < -0.4 is 20.1 Å². The number of ether oxygens (including phenoxy) is 3. The van der Waals surface area contributed by atoms with Crippen LogP contribution in [0.25, 0.3) is 0 Å². The predicted octanol–water partition coefficient (Wildman–Crippen LogP) is 3.24. The number of methoxy groups -OCH3 is 1. The average molecular weight is 525 g/mol. The third-order valence-electron chi connectivity index (χ3n) is 5.67. The van der Waals surface area contributed by atoms with Crippen LogP contribution in [-0.2, 0) is 27.5 Å². The molecule has 0 spiro atoms. The van der Waals surface area contributed by atoms with Crippen LogP contribution in [0.4, 0.5) is 28.0 Å². The molecule has 0 aromatic heterocycles. The summed E-state index contributed by atoms with van der Waals surface area (Å²) in [5.74, 6) is -3.54. The van der Waals surface area contributed by atoms with E-state index in [1.54, 1.807) is 0 Å². The minimum absolute atomic E-state index is 0.0815. The van der Waals surface area contributed by atoms with Gasteiger partial charge in [-0.05, 0) is 36.2 Å². The third kappa shape index (κ3) is 5.73. The fourth-order valence-corrected chi connectivity index (χ4v) is 4.04. The molecule has 4 rings (SSSR count). The highest BCUT2D eigenvalue weighted by Gasteiger charge is 2.40. The van der Waals surface area contributed by atoms with Crippen molar-refractivity contribution in [2.75, 3.05) is 12.4 Å². The highest BCUT2D eigenvalue weighted by atomic mass is 19.4. The summed E-state index contributed by atoms with van der Waals surface area (Å²) in [6, 6.07) is 4.51. The number of fused-ring (bicyclic) bond motifs is 1. The summed E-state index contributed by atoms with van der Waals surface area (Å²) in [4.78, 5) is 50.2. The van der Waals surface area contributed by atoms with Crippen molar-refractivity contribution in [3.05, 3.63) is 52.8 Å². The highest BCUT2D eigenvalue weighted by molar-refractivity contribution is 6.05. The summed E-state index contributed by atoms with van der Waals surface area (Å²) in [7, 11) is 1.38. The van der Waals surface area contributed by atoms with Crippen LogP contribution in [0.3, 0.4) is 0 Å². The largest absolute Gasteiger partial charge is 0.573 e. The Bertz CT molecular complexity index is 1280. The SMILES string of the molecule is COc1cc(COC(=O)Nc2ccc(F)c(OC(F)(F)F)c2)cc2c1CN(C1CCC(=O)NC1=O)C2=O. The number of rotatable bonds is 6. The number of hydrogen-bond acceptors (Lipinski definition) is 7. The number of halogens is 4. The van der Waals surface area contributed by atoms with Crippen molar-refractivity contribution in [3.63, 3.8) is 0 Å². The van der Waals surface area contributed by atoms with Crippen molar-refractivity contribution in [2.24, 2.45) is 0 Å². The van der Waals surface area contributed by atoms with E-state index in [2.05, 4.69) is 15.4 Å². The minimum Gasteiger partial charge on any atom is -0.496 e. The highest BCUT2D eigenvalue weighted by Crippen LogP contribution is 2.35. The van der Waals surface area contributed by atoms with Crippen molar-refractivity contribution in [1.82, 2.24) is 10.2 Å². The Balaban J connectivity index is 1.44. The first-order valence-electron chi connectivity index (χ1n) is 10.8. The lowest BCUT2D eigenvalue weighted by molar-refractivity contribution is -0.275. The summed E-state index contributed by atoms with van der Waals surface area (Å²) >= 11 is 0. The number of alkyl halides is 3. The smallest absolute Gasteiger partial charge is 0.496 e. The number of imide groups is 1. The molecule has 2 N–H and O–H groups in total. The van der Waals surface area contributed by atoms with Crippen LogP contribution in [0, 0.1) is 5.82 Å². The van der Waals surface area contributed by atoms with Gasteiger partial charge < -0.3 is 19.1 Å². The molecule has 2 aromatic carbocycles. The van der Waals surface area contributed by atoms with Crippen LogP contribution >= 0.6 is 0 Å². The quantitative estimate of drug-likeness (QED) is 0.439. The molecule has 1 unspecified atom stereocenters. The predicted molar refractivity (Wildman–Crippen MR) is 116 cm³/mol. The number of anilines is 1. The number of nitrogens with zero attached hydrogens (tertiary/aromatic N) is 1. The lowest BCUT2D eigenvalue weighted by Crippen LogP contribution is -2.52. The summed E-state index contributed by atoms with van der Waals surface area (Å²) < 4.78 is 64.8. The molecular weight excluding hydrogens is 506 g/mol. The number of hydrogen-bond donors (Lipinski definition) is 2. The second kappa shape index (κ2) is 9.95. The van der Waals surface area contributed by atoms with Gasteiger partial charge in [0.25, 0.3) is 5.91 Å². The molecule has 1 saturated heterocycles. The molecule has 1 fully saturated rings. The molecule has 196 valence electrons. The van der Waals surface area contributed by atoms with Crippen molar-refractivity contribution in [3.8, 4) is 11.5 Å².